The molecule has 0 aliphatic heterocycles. The molecule has 128 valence electrons. The fourth-order valence-corrected chi connectivity index (χ4v) is 2.05. The summed E-state index contributed by atoms with van der Waals surface area (Å²) in [5.74, 6) is -0.910. The number of nitrogens with one attached hydrogen (secondary N) is 1. The Morgan fingerprint density at radius 2 is 1.71 bits per heavy atom. The van der Waals surface area contributed by atoms with E-state index in [1.807, 2.05) is 11.9 Å². The number of halogens is 2. The van der Waals surface area contributed by atoms with Crippen LogP contribution >= 0.6 is 0 Å². The number of para-hydroxylation sites is 2. The summed E-state index contributed by atoms with van der Waals surface area (Å²) < 4.78 is 32.2. The van der Waals surface area contributed by atoms with Gasteiger partial charge in [-0.3, -0.25) is 4.79 Å². The predicted octanol–water partition coefficient (Wildman–Crippen LogP) is 3.30. The molecule has 0 aliphatic carbocycles. The van der Waals surface area contributed by atoms with E-state index in [2.05, 4.69) is 5.32 Å². The van der Waals surface area contributed by atoms with Gasteiger partial charge in [0.2, 0.25) is 5.91 Å². The number of hydrogen-bond donors (Lipinski definition) is 1. The SMILES string of the molecule is CN(CCOc1ccccc1F)CCC(=O)Nc1ccccc1F. The lowest BCUT2D eigenvalue weighted by atomic mass is 10.3. The van der Waals surface area contributed by atoms with Gasteiger partial charge in [-0.15, -0.1) is 0 Å². The first-order valence-electron chi connectivity index (χ1n) is 7.66. The molecule has 2 aromatic rings. The van der Waals surface area contributed by atoms with E-state index in [1.54, 1.807) is 30.3 Å². The first kappa shape index (κ1) is 17.9. The molecule has 1 amide bonds. The first-order valence-corrected chi connectivity index (χ1v) is 7.66. The Morgan fingerprint density at radius 1 is 1.04 bits per heavy atom. The van der Waals surface area contributed by atoms with Gasteiger partial charge in [0.25, 0.3) is 0 Å². The largest absolute Gasteiger partial charge is 0.489 e. The second kappa shape index (κ2) is 8.98. The molecule has 0 saturated heterocycles. The lowest BCUT2D eigenvalue weighted by molar-refractivity contribution is -0.116. The van der Waals surface area contributed by atoms with Crippen LogP contribution in [0.25, 0.3) is 0 Å². The van der Waals surface area contributed by atoms with Gasteiger partial charge in [-0.25, -0.2) is 8.78 Å². The van der Waals surface area contributed by atoms with E-state index in [9.17, 15) is 13.6 Å². The summed E-state index contributed by atoms with van der Waals surface area (Å²) in [6, 6.07) is 12.2. The molecule has 0 bridgehead atoms. The molecule has 24 heavy (non-hydrogen) atoms. The van der Waals surface area contributed by atoms with E-state index in [0.29, 0.717) is 19.7 Å². The normalized spacial score (nSPS) is 10.7. The number of amides is 1. The third-order valence-corrected chi connectivity index (χ3v) is 3.44. The molecule has 2 aromatic carbocycles. The zero-order valence-corrected chi connectivity index (χ0v) is 13.5. The van der Waals surface area contributed by atoms with Crippen LogP contribution in [0.2, 0.25) is 0 Å². The molecule has 0 spiro atoms. The molecule has 0 aliphatic rings. The van der Waals surface area contributed by atoms with Gasteiger partial charge in [-0.1, -0.05) is 24.3 Å². The average Bonchev–Trinajstić information content (AvgIpc) is 2.57. The van der Waals surface area contributed by atoms with Crippen LogP contribution in [-0.4, -0.2) is 37.6 Å². The van der Waals surface area contributed by atoms with Crippen molar-refractivity contribution in [1.82, 2.24) is 4.90 Å². The zero-order chi connectivity index (χ0) is 17.4. The molecule has 6 heteroatoms. The van der Waals surface area contributed by atoms with Gasteiger partial charge in [0.1, 0.15) is 12.4 Å². The van der Waals surface area contributed by atoms with Crippen molar-refractivity contribution < 1.29 is 18.3 Å². The summed E-state index contributed by atoms with van der Waals surface area (Å²) in [4.78, 5) is 13.7. The third kappa shape index (κ3) is 5.62. The Kier molecular flexibility index (Phi) is 6.69. The Balaban J connectivity index is 1.67. The minimum absolute atomic E-state index is 0.174. The molecule has 0 unspecified atom stereocenters. The third-order valence-electron chi connectivity index (χ3n) is 3.44. The van der Waals surface area contributed by atoms with Crippen molar-refractivity contribution in [1.29, 1.82) is 0 Å². The molecule has 0 heterocycles. The van der Waals surface area contributed by atoms with Crippen LogP contribution in [0.5, 0.6) is 5.75 Å². The number of carbonyl (C=O) groups is 1. The standard InChI is InChI=1S/C18H20F2N2O2/c1-22(12-13-24-17-9-5-3-7-15(17)20)11-10-18(23)21-16-8-4-2-6-14(16)19/h2-9H,10-13H2,1H3,(H,21,23). The molecule has 4 nitrogen and oxygen atoms in total. The van der Waals surface area contributed by atoms with Gasteiger partial charge in [0.05, 0.1) is 5.69 Å². The van der Waals surface area contributed by atoms with Crippen molar-refractivity contribution in [3.8, 4) is 5.75 Å². The summed E-state index contributed by atoms with van der Waals surface area (Å²) in [6.45, 7) is 1.34. The van der Waals surface area contributed by atoms with Crippen LogP contribution in [0.15, 0.2) is 48.5 Å². The number of hydrogen-bond acceptors (Lipinski definition) is 3. The summed E-state index contributed by atoms with van der Waals surface area (Å²) in [5.41, 5.74) is 0.174. The van der Waals surface area contributed by atoms with Crippen molar-refractivity contribution in [3.05, 3.63) is 60.2 Å². The smallest absolute Gasteiger partial charge is 0.225 e. The van der Waals surface area contributed by atoms with Gasteiger partial charge < -0.3 is 15.0 Å². The number of ether oxygens (including phenoxy) is 1. The quantitative estimate of drug-likeness (QED) is 0.805. The average molecular weight is 334 g/mol. The van der Waals surface area contributed by atoms with Crippen molar-refractivity contribution in [3.63, 3.8) is 0 Å². The number of carbonyl (C=O) groups excluding carboxylic acids is 1. The highest BCUT2D eigenvalue weighted by atomic mass is 19.1. The monoisotopic (exact) mass is 334 g/mol. The number of rotatable bonds is 8. The molecule has 0 atom stereocenters. The molecule has 1 N–H and O–H groups in total. The van der Waals surface area contributed by atoms with Crippen LogP contribution in [0.4, 0.5) is 14.5 Å². The molecule has 0 radical (unpaired) electrons. The van der Waals surface area contributed by atoms with E-state index in [0.717, 1.165) is 0 Å². The number of anilines is 1. The van der Waals surface area contributed by atoms with Crippen LogP contribution < -0.4 is 10.1 Å². The molecular formula is C18H20F2N2O2. The van der Waals surface area contributed by atoms with Gasteiger partial charge in [-0.05, 0) is 31.3 Å². The summed E-state index contributed by atoms with van der Waals surface area (Å²) in [7, 11) is 1.83. The Hall–Kier alpha value is -2.47. The summed E-state index contributed by atoms with van der Waals surface area (Å²) in [6.07, 6.45) is 0.227. The van der Waals surface area contributed by atoms with Crippen molar-refractivity contribution in [2.24, 2.45) is 0 Å². The zero-order valence-electron chi connectivity index (χ0n) is 13.5. The maximum Gasteiger partial charge on any atom is 0.225 e. The van der Waals surface area contributed by atoms with E-state index < -0.39 is 11.6 Å². The number of likely N-dealkylation sites (N-methyl/N-ethyl adjacent to an activating group) is 1. The van der Waals surface area contributed by atoms with Gasteiger partial charge in [0, 0.05) is 19.5 Å². The Bertz CT molecular complexity index is 680. The Labute approximate surface area is 140 Å². The highest BCUT2D eigenvalue weighted by molar-refractivity contribution is 5.90. The molecule has 0 aromatic heterocycles. The molecule has 2 rings (SSSR count). The van der Waals surface area contributed by atoms with Crippen LogP contribution in [0.1, 0.15) is 6.42 Å². The van der Waals surface area contributed by atoms with Gasteiger partial charge in [-0.2, -0.15) is 0 Å². The fourth-order valence-electron chi connectivity index (χ4n) is 2.05. The Morgan fingerprint density at radius 3 is 2.42 bits per heavy atom. The highest BCUT2D eigenvalue weighted by Crippen LogP contribution is 2.15. The van der Waals surface area contributed by atoms with Crippen LogP contribution in [-0.2, 0) is 4.79 Å². The minimum Gasteiger partial charge on any atom is -0.489 e. The highest BCUT2D eigenvalue weighted by Gasteiger charge is 2.08. The lowest BCUT2D eigenvalue weighted by Crippen LogP contribution is -2.28. The maximum absolute atomic E-state index is 13.4. The molecular weight excluding hydrogens is 314 g/mol. The van der Waals surface area contributed by atoms with Crippen molar-refractivity contribution >= 4 is 11.6 Å². The number of benzene rings is 2. The fraction of sp³-hybridized carbons (Fsp3) is 0.278. The van der Waals surface area contributed by atoms with Crippen LogP contribution in [0.3, 0.4) is 0 Å². The summed E-state index contributed by atoms with van der Waals surface area (Å²) >= 11 is 0. The first-order chi connectivity index (χ1) is 11.6. The van der Waals surface area contributed by atoms with E-state index in [1.165, 1.54) is 18.2 Å². The number of nitrogens with zero attached hydrogens (tertiary/aromatic N) is 1. The lowest BCUT2D eigenvalue weighted by Gasteiger charge is -2.17. The minimum atomic E-state index is -0.461. The second-order valence-corrected chi connectivity index (χ2v) is 5.36. The van der Waals surface area contributed by atoms with E-state index >= 15 is 0 Å². The van der Waals surface area contributed by atoms with E-state index in [4.69, 9.17) is 4.74 Å². The van der Waals surface area contributed by atoms with Crippen molar-refractivity contribution in [2.75, 3.05) is 32.1 Å². The van der Waals surface area contributed by atoms with Crippen LogP contribution in [0, 0.1) is 11.6 Å². The summed E-state index contributed by atoms with van der Waals surface area (Å²) in [5, 5.41) is 2.53. The molecule has 0 saturated carbocycles. The van der Waals surface area contributed by atoms with Gasteiger partial charge in [0.15, 0.2) is 11.6 Å². The topological polar surface area (TPSA) is 41.6 Å². The predicted molar refractivity (Wildman–Crippen MR) is 89.0 cm³/mol. The second-order valence-electron chi connectivity index (χ2n) is 5.36. The van der Waals surface area contributed by atoms with Gasteiger partial charge >= 0.3 is 0 Å². The maximum atomic E-state index is 13.4. The molecule has 0 fully saturated rings. The van der Waals surface area contributed by atoms with Crippen molar-refractivity contribution in [2.45, 2.75) is 6.42 Å². The van der Waals surface area contributed by atoms with E-state index in [-0.39, 0.29) is 23.8 Å².